The average molecular weight is 448 g/mol. The van der Waals surface area contributed by atoms with Crippen LogP contribution < -0.4 is 10.1 Å². The Hall–Kier alpha value is -2.32. The van der Waals surface area contributed by atoms with Gasteiger partial charge in [-0.3, -0.25) is 4.79 Å². The number of thioether (sulfide) groups is 1. The van der Waals surface area contributed by atoms with Gasteiger partial charge in [0, 0.05) is 10.2 Å². The Balaban J connectivity index is 1.48. The molecule has 0 atom stereocenters. The molecule has 0 spiro atoms. The van der Waals surface area contributed by atoms with Gasteiger partial charge in [0.15, 0.2) is 6.61 Å². The summed E-state index contributed by atoms with van der Waals surface area (Å²) in [7, 11) is 0. The minimum absolute atomic E-state index is 0.145. The monoisotopic (exact) mass is 447 g/mol. The van der Waals surface area contributed by atoms with E-state index in [2.05, 4.69) is 31.4 Å². The van der Waals surface area contributed by atoms with Crippen molar-refractivity contribution in [3.63, 3.8) is 0 Å². The first-order valence-electron chi connectivity index (χ1n) is 8.20. The van der Waals surface area contributed by atoms with Gasteiger partial charge in [0.2, 0.25) is 5.91 Å². The Morgan fingerprint density at radius 3 is 2.74 bits per heavy atom. The summed E-state index contributed by atoms with van der Waals surface area (Å²) in [5, 5.41) is 11.0. The number of hydrogen-bond donors (Lipinski definition) is 1. The molecule has 0 saturated carbocycles. The van der Waals surface area contributed by atoms with E-state index in [9.17, 15) is 4.79 Å². The number of aromatic nitrogens is 2. The molecule has 140 valence electrons. The fraction of sp³-hybridized carbons (Fsp3) is 0.211. The molecule has 0 aliphatic heterocycles. The molecule has 3 rings (SSSR count). The van der Waals surface area contributed by atoms with Gasteiger partial charge in [0.05, 0.1) is 5.75 Å². The number of amides is 1. The molecule has 2 aromatic carbocycles. The standard InChI is InChI=1S/C19H18BrN3O3S/c1-12-3-4-13(2)16(9-12)25-10-18-22-23-19(26-18)27-11-17(24)21-15-7-5-14(20)6-8-15/h3-9H,10-11H2,1-2H3,(H,21,24). The summed E-state index contributed by atoms with van der Waals surface area (Å²) < 4.78 is 12.2. The summed E-state index contributed by atoms with van der Waals surface area (Å²) in [6, 6.07) is 13.4. The van der Waals surface area contributed by atoms with Crippen molar-refractivity contribution in [2.75, 3.05) is 11.1 Å². The van der Waals surface area contributed by atoms with Crippen LogP contribution in [0.5, 0.6) is 5.75 Å². The van der Waals surface area contributed by atoms with Crippen LogP contribution in [0, 0.1) is 13.8 Å². The van der Waals surface area contributed by atoms with Gasteiger partial charge in [0.25, 0.3) is 11.1 Å². The van der Waals surface area contributed by atoms with Gasteiger partial charge >= 0.3 is 0 Å². The lowest BCUT2D eigenvalue weighted by Crippen LogP contribution is -2.13. The van der Waals surface area contributed by atoms with Crippen LogP contribution >= 0.6 is 27.7 Å². The van der Waals surface area contributed by atoms with Gasteiger partial charge in [-0.25, -0.2) is 0 Å². The average Bonchev–Trinajstić information content (AvgIpc) is 3.11. The molecule has 1 heterocycles. The van der Waals surface area contributed by atoms with Crippen LogP contribution in [0.4, 0.5) is 5.69 Å². The first-order valence-corrected chi connectivity index (χ1v) is 9.98. The highest BCUT2D eigenvalue weighted by molar-refractivity contribution is 9.10. The largest absolute Gasteiger partial charge is 0.484 e. The highest BCUT2D eigenvalue weighted by atomic mass is 79.9. The molecule has 1 N–H and O–H groups in total. The number of aryl methyl sites for hydroxylation is 2. The van der Waals surface area contributed by atoms with Crippen molar-refractivity contribution in [2.24, 2.45) is 0 Å². The maximum atomic E-state index is 12.0. The van der Waals surface area contributed by atoms with Gasteiger partial charge in [-0.15, -0.1) is 10.2 Å². The van der Waals surface area contributed by atoms with Crippen LogP contribution in [-0.4, -0.2) is 21.9 Å². The normalized spacial score (nSPS) is 10.6. The molecule has 0 saturated heterocycles. The fourth-order valence-electron chi connectivity index (χ4n) is 2.21. The van der Waals surface area contributed by atoms with Crippen LogP contribution in [0.25, 0.3) is 0 Å². The zero-order valence-corrected chi connectivity index (χ0v) is 17.3. The Labute approximate surface area is 169 Å². The summed E-state index contributed by atoms with van der Waals surface area (Å²) in [5.41, 5.74) is 2.89. The third-order valence-electron chi connectivity index (χ3n) is 3.60. The molecule has 0 radical (unpaired) electrons. The molecule has 27 heavy (non-hydrogen) atoms. The molecule has 8 heteroatoms. The quantitative estimate of drug-likeness (QED) is 0.526. The maximum absolute atomic E-state index is 12.0. The van der Waals surface area contributed by atoms with E-state index in [0.29, 0.717) is 11.1 Å². The second-order valence-electron chi connectivity index (χ2n) is 5.86. The van der Waals surface area contributed by atoms with E-state index < -0.39 is 0 Å². The number of nitrogens with one attached hydrogen (secondary N) is 1. The van der Waals surface area contributed by atoms with Gasteiger partial charge in [-0.05, 0) is 55.3 Å². The molecule has 3 aromatic rings. The second-order valence-corrected chi connectivity index (χ2v) is 7.71. The fourth-order valence-corrected chi connectivity index (χ4v) is 3.06. The van der Waals surface area contributed by atoms with Crippen molar-refractivity contribution in [2.45, 2.75) is 25.7 Å². The van der Waals surface area contributed by atoms with E-state index in [-0.39, 0.29) is 18.3 Å². The second kappa shape index (κ2) is 9.05. The summed E-state index contributed by atoms with van der Waals surface area (Å²) in [4.78, 5) is 12.0. The van der Waals surface area contributed by atoms with Crippen molar-refractivity contribution in [1.29, 1.82) is 0 Å². The van der Waals surface area contributed by atoms with Gasteiger partial charge in [-0.2, -0.15) is 0 Å². The van der Waals surface area contributed by atoms with Crippen molar-refractivity contribution >= 4 is 39.3 Å². The number of halogens is 1. The van der Waals surface area contributed by atoms with Crippen LogP contribution in [0.15, 0.2) is 56.6 Å². The zero-order chi connectivity index (χ0) is 19.2. The van der Waals surface area contributed by atoms with E-state index in [1.807, 2.05) is 56.3 Å². The Bertz CT molecular complexity index is 928. The number of benzene rings is 2. The van der Waals surface area contributed by atoms with Crippen molar-refractivity contribution < 1.29 is 13.9 Å². The predicted octanol–water partition coefficient (Wildman–Crippen LogP) is 4.76. The number of ether oxygens (including phenoxy) is 1. The van der Waals surface area contributed by atoms with E-state index in [4.69, 9.17) is 9.15 Å². The number of hydrogen-bond acceptors (Lipinski definition) is 6. The van der Waals surface area contributed by atoms with Crippen LogP contribution in [0.2, 0.25) is 0 Å². The van der Waals surface area contributed by atoms with E-state index >= 15 is 0 Å². The van der Waals surface area contributed by atoms with Crippen molar-refractivity contribution in [1.82, 2.24) is 10.2 Å². The number of carbonyl (C=O) groups is 1. The van der Waals surface area contributed by atoms with E-state index in [0.717, 1.165) is 27.0 Å². The molecular formula is C19H18BrN3O3S. The molecule has 1 aromatic heterocycles. The van der Waals surface area contributed by atoms with Crippen molar-refractivity contribution in [3.8, 4) is 5.75 Å². The maximum Gasteiger partial charge on any atom is 0.277 e. The van der Waals surface area contributed by atoms with E-state index in [1.54, 1.807) is 0 Å². The third-order valence-corrected chi connectivity index (χ3v) is 4.94. The Morgan fingerprint density at radius 2 is 1.96 bits per heavy atom. The number of rotatable bonds is 7. The highest BCUT2D eigenvalue weighted by Crippen LogP contribution is 2.22. The summed E-state index contributed by atoms with van der Waals surface area (Å²) in [6.07, 6.45) is 0. The highest BCUT2D eigenvalue weighted by Gasteiger charge is 2.11. The lowest BCUT2D eigenvalue weighted by atomic mass is 10.1. The van der Waals surface area contributed by atoms with Gasteiger partial charge in [-0.1, -0.05) is 39.8 Å². The van der Waals surface area contributed by atoms with Crippen LogP contribution in [0.3, 0.4) is 0 Å². The zero-order valence-electron chi connectivity index (χ0n) is 14.9. The smallest absolute Gasteiger partial charge is 0.277 e. The predicted molar refractivity (Wildman–Crippen MR) is 108 cm³/mol. The molecule has 0 aliphatic carbocycles. The summed E-state index contributed by atoms with van der Waals surface area (Å²) in [6.45, 7) is 4.17. The summed E-state index contributed by atoms with van der Waals surface area (Å²) >= 11 is 4.54. The van der Waals surface area contributed by atoms with Crippen molar-refractivity contribution in [3.05, 3.63) is 64.0 Å². The SMILES string of the molecule is Cc1ccc(C)c(OCc2nnc(SCC(=O)Nc3ccc(Br)cc3)o2)c1. The molecule has 6 nitrogen and oxygen atoms in total. The minimum Gasteiger partial charge on any atom is -0.484 e. The Morgan fingerprint density at radius 1 is 1.19 bits per heavy atom. The first-order chi connectivity index (χ1) is 13.0. The third kappa shape index (κ3) is 5.83. The summed E-state index contributed by atoms with van der Waals surface area (Å²) in [5.74, 6) is 1.19. The Kier molecular flexibility index (Phi) is 6.52. The van der Waals surface area contributed by atoms with Gasteiger partial charge < -0.3 is 14.5 Å². The number of anilines is 1. The van der Waals surface area contributed by atoms with E-state index in [1.165, 1.54) is 11.8 Å². The minimum atomic E-state index is -0.145. The topological polar surface area (TPSA) is 77.2 Å². The molecule has 0 aliphatic rings. The lowest BCUT2D eigenvalue weighted by Gasteiger charge is -2.07. The number of nitrogens with zero attached hydrogens (tertiary/aromatic N) is 2. The number of carbonyl (C=O) groups excluding carboxylic acids is 1. The van der Waals surface area contributed by atoms with Crippen LogP contribution in [0.1, 0.15) is 17.0 Å². The lowest BCUT2D eigenvalue weighted by molar-refractivity contribution is -0.113. The molecule has 1 amide bonds. The molecule has 0 unspecified atom stereocenters. The molecule has 0 fully saturated rings. The first kappa shape index (κ1) is 19.4. The van der Waals surface area contributed by atoms with Gasteiger partial charge in [0.1, 0.15) is 5.75 Å². The molecule has 0 bridgehead atoms. The van der Waals surface area contributed by atoms with Crippen LogP contribution in [-0.2, 0) is 11.4 Å². The molecular weight excluding hydrogens is 430 g/mol.